The van der Waals surface area contributed by atoms with Gasteiger partial charge in [-0.2, -0.15) is 0 Å². The number of fused-ring (bicyclic) bond motifs is 1. The van der Waals surface area contributed by atoms with E-state index in [2.05, 4.69) is 5.32 Å². The van der Waals surface area contributed by atoms with Crippen LogP contribution in [0.25, 0.3) is 0 Å². The molecule has 0 atom stereocenters. The Labute approximate surface area is 84.8 Å². The lowest BCUT2D eigenvalue weighted by molar-refractivity contribution is -0.112. The molecule has 0 unspecified atom stereocenters. The van der Waals surface area contributed by atoms with Gasteiger partial charge in [0.05, 0.1) is 23.4 Å². The molecule has 1 aliphatic heterocycles. The van der Waals surface area contributed by atoms with Crippen molar-refractivity contribution in [1.82, 2.24) is 0 Å². The van der Waals surface area contributed by atoms with E-state index in [4.69, 9.17) is 16.3 Å². The van der Waals surface area contributed by atoms with Crippen molar-refractivity contribution < 1.29 is 14.3 Å². The van der Waals surface area contributed by atoms with E-state index in [-0.39, 0.29) is 0 Å². The van der Waals surface area contributed by atoms with Crippen LogP contribution in [0.2, 0.25) is 5.02 Å². The summed E-state index contributed by atoms with van der Waals surface area (Å²) >= 11 is 5.82. The zero-order valence-corrected chi connectivity index (χ0v) is 8.01. The SMILES string of the molecule is COc1c(Cl)ccc2c1NC(=O)C2=O. The average molecular weight is 212 g/mol. The van der Waals surface area contributed by atoms with Gasteiger partial charge in [0, 0.05) is 0 Å². The van der Waals surface area contributed by atoms with E-state index < -0.39 is 11.7 Å². The Morgan fingerprint density at radius 2 is 2.07 bits per heavy atom. The lowest BCUT2D eigenvalue weighted by atomic mass is 10.1. The number of rotatable bonds is 1. The smallest absolute Gasteiger partial charge is 0.296 e. The first-order valence-electron chi connectivity index (χ1n) is 3.87. The predicted molar refractivity (Wildman–Crippen MR) is 51.0 cm³/mol. The standard InChI is InChI=1S/C9H6ClNO3/c1-14-8-5(10)3-2-4-6(8)11-9(13)7(4)12/h2-3H,1H3,(H,11,12,13). The van der Waals surface area contributed by atoms with Crippen molar-refractivity contribution in [3.05, 3.63) is 22.7 Å². The second-order valence-corrected chi connectivity index (χ2v) is 3.19. The molecule has 0 aliphatic carbocycles. The summed E-state index contributed by atoms with van der Waals surface area (Å²) in [6, 6.07) is 3.03. The third-order valence-electron chi connectivity index (χ3n) is 2.00. The molecule has 0 saturated carbocycles. The van der Waals surface area contributed by atoms with Gasteiger partial charge in [-0.25, -0.2) is 0 Å². The molecule has 72 valence electrons. The van der Waals surface area contributed by atoms with Crippen LogP contribution >= 0.6 is 11.6 Å². The first-order chi connectivity index (χ1) is 6.65. The van der Waals surface area contributed by atoms with Crippen LogP contribution in [0.1, 0.15) is 10.4 Å². The van der Waals surface area contributed by atoms with E-state index in [1.165, 1.54) is 19.2 Å². The Morgan fingerprint density at radius 3 is 2.71 bits per heavy atom. The Kier molecular flexibility index (Phi) is 1.93. The number of carbonyl (C=O) groups is 2. The Hall–Kier alpha value is -1.55. The number of anilines is 1. The predicted octanol–water partition coefficient (Wildman–Crippen LogP) is 1.48. The van der Waals surface area contributed by atoms with Gasteiger partial charge in [0.2, 0.25) is 0 Å². The molecular formula is C9H6ClNO3. The second-order valence-electron chi connectivity index (χ2n) is 2.79. The minimum atomic E-state index is -0.652. The van der Waals surface area contributed by atoms with E-state index in [0.717, 1.165) is 0 Å². The summed E-state index contributed by atoms with van der Waals surface area (Å²) < 4.78 is 4.99. The van der Waals surface area contributed by atoms with Crippen molar-refractivity contribution in [2.24, 2.45) is 0 Å². The Balaban J connectivity index is 2.67. The maximum absolute atomic E-state index is 11.3. The number of carbonyl (C=O) groups excluding carboxylic acids is 2. The van der Waals surface area contributed by atoms with Gasteiger partial charge < -0.3 is 10.1 Å². The number of halogens is 1. The van der Waals surface area contributed by atoms with Crippen molar-refractivity contribution in [2.75, 3.05) is 12.4 Å². The first-order valence-corrected chi connectivity index (χ1v) is 4.25. The molecule has 1 N–H and O–H groups in total. The summed E-state index contributed by atoms with van der Waals surface area (Å²) in [6.07, 6.45) is 0. The zero-order chi connectivity index (χ0) is 10.3. The van der Waals surface area contributed by atoms with Gasteiger partial charge in [-0.3, -0.25) is 9.59 Å². The van der Waals surface area contributed by atoms with Crippen LogP contribution in [0, 0.1) is 0 Å². The minimum absolute atomic E-state index is 0.302. The lowest BCUT2D eigenvalue weighted by Gasteiger charge is -2.07. The Bertz CT molecular complexity index is 442. The molecule has 14 heavy (non-hydrogen) atoms. The Morgan fingerprint density at radius 1 is 1.36 bits per heavy atom. The van der Waals surface area contributed by atoms with Crippen molar-refractivity contribution in [3.8, 4) is 5.75 Å². The van der Waals surface area contributed by atoms with E-state index in [9.17, 15) is 9.59 Å². The molecule has 4 nitrogen and oxygen atoms in total. The lowest BCUT2D eigenvalue weighted by Crippen LogP contribution is -2.12. The number of methoxy groups -OCH3 is 1. The number of amides is 1. The molecule has 0 saturated heterocycles. The summed E-state index contributed by atoms with van der Waals surface area (Å²) in [5.74, 6) is -0.890. The van der Waals surface area contributed by atoms with Gasteiger partial charge >= 0.3 is 0 Å². The van der Waals surface area contributed by atoms with E-state index in [1.807, 2.05) is 0 Å². The molecule has 5 heteroatoms. The van der Waals surface area contributed by atoms with Crippen LogP contribution in [0.3, 0.4) is 0 Å². The summed E-state index contributed by atoms with van der Waals surface area (Å²) in [4.78, 5) is 22.3. The molecule has 1 heterocycles. The normalized spacial score (nSPS) is 13.9. The summed E-state index contributed by atoms with van der Waals surface area (Å²) in [7, 11) is 1.43. The molecule has 0 fully saturated rings. The quantitative estimate of drug-likeness (QED) is 0.716. The van der Waals surface area contributed by atoms with Crippen molar-refractivity contribution >= 4 is 29.0 Å². The van der Waals surface area contributed by atoms with Gasteiger partial charge in [-0.05, 0) is 12.1 Å². The number of hydrogen-bond donors (Lipinski definition) is 1. The molecule has 1 aromatic rings. The van der Waals surface area contributed by atoms with Crippen molar-refractivity contribution in [2.45, 2.75) is 0 Å². The fraction of sp³-hybridized carbons (Fsp3) is 0.111. The highest BCUT2D eigenvalue weighted by atomic mass is 35.5. The largest absolute Gasteiger partial charge is 0.493 e. The number of hydrogen-bond acceptors (Lipinski definition) is 3. The second kappa shape index (κ2) is 2.99. The molecule has 1 aliphatic rings. The highest BCUT2D eigenvalue weighted by Crippen LogP contribution is 2.38. The van der Waals surface area contributed by atoms with Gasteiger partial charge in [0.25, 0.3) is 11.7 Å². The van der Waals surface area contributed by atoms with Gasteiger partial charge in [-0.15, -0.1) is 0 Å². The molecule has 1 amide bonds. The molecule has 0 bridgehead atoms. The molecule has 0 spiro atoms. The fourth-order valence-corrected chi connectivity index (χ4v) is 1.60. The van der Waals surface area contributed by atoms with Crippen LogP contribution in [-0.4, -0.2) is 18.8 Å². The topological polar surface area (TPSA) is 55.4 Å². The van der Waals surface area contributed by atoms with E-state index >= 15 is 0 Å². The van der Waals surface area contributed by atoms with Crippen LogP contribution < -0.4 is 10.1 Å². The highest BCUT2D eigenvalue weighted by molar-refractivity contribution is 6.52. The molecule has 0 aromatic heterocycles. The van der Waals surface area contributed by atoms with E-state index in [0.29, 0.717) is 22.0 Å². The van der Waals surface area contributed by atoms with Crippen LogP contribution in [0.4, 0.5) is 5.69 Å². The fourth-order valence-electron chi connectivity index (χ4n) is 1.36. The number of ether oxygens (including phenoxy) is 1. The van der Waals surface area contributed by atoms with Crippen LogP contribution in [0.5, 0.6) is 5.75 Å². The number of nitrogens with one attached hydrogen (secondary N) is 1. The third-order valence-corrected chi connectivity index (χ3v) is 2.30. The minimum Gasteiger partial charge on any atom is -0.493 e. The first kappa shape index (κ1) is 9.02. The maximum atomic E-state index is 11.3. The maximum Gasteiger partial charge on any atom is 0.296 e. The monoisotopic (exact) mass is 211 g/mol. The zero-order valence-electron chi connectivity index (χ0n) is 7.26. The van der Waals surface area contributed by atoms with E-state index in [1.54, 1.807) is 0 Å². The number of ketones is 1. The van der Waals surface area contributed by atoms with Gasteiger partial charge in [0.1, 0.15) is 0 Å². The average Bonchev–Trinajstić information content (AvgIpc) is 2.43. The van der Waals surface area contributed by atoms with Crippen molar-refractivity contribution in [1.29, 1.82) is 0 Å². The molecular weight excluding hydrogens is 206 g/mol. The molecule has 1 aromatic carbocycles. The summed E-state index contributed by atoms with van der Waals surface area (Å²) in [5.41, 5.74) is 0.659. The third kappa shape index (κ3) is 1.08. The number of benzene rings is 1. The summed E-state index contributed by atoms with van der Waals surface area (Å²) in [6.45, 7) is 0. The van der Waals surface area contributed by atoms with Crippen LogP contribution in [-0.2, 0) is 4.79 Å². The molecule has 0 radical (unpaired) electrons. The van der Waals surface area contributed by atoms with Gasteiger partial charge in [-0.1, -0.05) is 11.6 Å². The van der Waals surface area contributed by atoms with Crippen molar-refractivity contribution in [3.63, 3.8) is 0 Å². The highest BCUT2D eigenvalue weighted by Gasteiger charge is 2.31. The van der Waals surface area contributed by atoms with Gasteiger partial charge in [0.15, 0.2) is 5.75 Å². The van der Waals surface area contributed by atoms with Crippen LogP contribution in [0.15, 0.2) is 12.1 Å². The summed E-state index contributed by atoms with van der Waals surface area (Å²) in [5, 5.41) is 2.77. The number of Topliss-reactive ketones (excluding diaryl/α,β-unsaturated/α-hetero) is 1. The molecule has 2 rings (SSSR count).